The quantitative estimate of drug-likeness (QED) is 0.744. The molecule has 0 N–H and O–H groups in total. The lowest BCUT2D eigenvalue weighted by Gasteiger charge is -2.16. The van der Waals surface area contributed by atoms with Crippen molar-refractivity contribution in [2.45, 2.75) is 13.3 Å². The Morgan fingerprint density at radius 1 is 1.47 bits per heavy atom. The molecule has 0 aliphatic rings. The maximum absolute atomic E-state index is 5.43. The molecule has 1 rings (SSSR count). The monoisotopic (exact) mass is 273 g/mol. The van der Waals surface area contributed by atoms with Gasteiger partial charge in [0.15, 0.2) is 0 Å². The van der Waals surface area contributed by atoms with Crippen LogP contribution in [-0.4, -0.2) is 35.5 Å². The average molecular weight is 274 g/mol. The highest BCUT2D eigenvalue weighted by Gasteiger charge is 2.03. The molecule has 0 bridgehead atoms. The molecule has 0 saturated heterocycles. The van der Waals surface area contributed by atoms with Crippen LogP contribution in [0, 0.1) is 0 Å². The van der Waals surface area contributed by atoms with Crippen molar-refractivity contribution in [1.82, 2.24) is 9.97 Å². The molecule has 84 valence electrons. The summed E-state index contributed by atoms with van der Waals surface area (Å²) in [6, 6.07) is 1.86. The molecule has 5 heteroatoms. The van der Waals surface area contributed by atoms with Crippen LogP contribution >= 0.6 is 15.9 Å². The molecular formula is C10H16BrN3O. The van der Waals surface area contributed by atoms with Gasteiger partial charge in [0.05, 0.1) is 6.61 Å². The Morgan fingerprint density at radius 2 is 2.27 bits per heavy atom. The summed E-state index contributed by atoms with van der Waals surface area (Å²) in [6.45, 7) is 3.67. The van der Waals surface area contributed by atoms with Gasteiger partial charge in [0.2, 0.25) is 5.88 Å². The van der Waals surface area contributed by atoms with Crippen LogP contribution in [-0.2, 0) is 0 Å². The predicted octanol–water partition coefficient (Wildman–Crippen LogP) is 2.10. The topological polar surface area (TPSA) is 38.2 Å². The van der Waals surface area contributed by atoms with Gasteiger partial charge in [-0.15, -0.1) is 0 Å². The van der Waals surface area contributed by atoms with Gasteiger partial charge in [0.25, 0.3) is 0 Å². The third-order valence-electron chi connectivity index (χ3n) is 1.89. The van der Waals surface area contributed by atoms with Gasteiger partial charge in [-0.3, -0.25) is 0 Å². The van der Waals surface area contributed by atoms with Crippen LogP contribution < -0.4 is 9.64 Å². The number of nitrogens with zero attached hydrogens (tertiary/aromatic N) is 3. The molecule has 0 aliphatic carbocycles. The van der Waals surface area contributed by atoms with Crippen molar-refractivity contribution in [3.8, 4) is 5.88 Å². The summed E-state index contributed by atoms with van der Waals surface area (Å²) in [6.07, 6.45) is 2.52. The van der Waals surface area contributed by atoms with E-state index in [1.165, 1.54) is 6.33 Å². The third-order valence-corrected chi connectivity index (χ3v) is 2.25. The van der Waals surface area contributed by atoms with Gasteiger partial charge in [-0.1, -0.05) is 22.9 Å². The lowest BCUT2D eigenvalue weighted by atomic mass is 10.5. The number of anilines is 1. The van der Waals surface area contributed by atoms with E-state index < -0.39 is 0 Å². The Bertz CT molecular complexity index is 296. The van der Waals surface area contributed by atoms with E-state index in [0.29, 0.717) is 12.5 Å². The van der Waals surface area contributed by atoms with Crippen LogP contribution in [0.3, 0.4) is 0 Å². The maximum atomic E-state index is 5.43. The summed E-state index contributed by atoms with van der Waals surface area (Å²) in [7, 11) is 1.99. The van der Waals surface area contributed by atoms with Gasteiger partial charge in [-0.05, 0) is 6.42 Å². The molecule has 1 aromatic rings. The lowest BCUT2D eigenvalue weighted by molar-refractivity contribution is 0.304. The summed E-state index contributed by atoms with van der Waals surface area (Å²) in [4.78, 5) is 10.3. The van der Waals surface area contributed by atoms with E-state index in [0.717, 1.165) is 24.1 Å². The Kier molecular flexibility index (Phi) is 5.39. The minimum atomic E-state index is 0.642. The highest BCUT2D eigenvalue weighted by Crippen LogP contribution is 2.14. The molecule has 0 unspecified atom stereocenters. The van der Waals surface area contributed by atoms with Crippen molar-refractivity contribution < 1.29 is 4.74 Å². The summed E-state index contributed by atoms with van der Waals surface area (Å²) in [5, 5.41) is 0.915. The van der Waals surface area contributed by atoms with Crippen LogP contribution in [0.25, 0.3) is 0 Å². The van der Waals surface area contributed by atoms with Crippen molar-refractivity contribution in [2.75, 3.05) is 30.4 Å². The second-order valence-corrected chi connectivity index (χ2v) is 3.97. The van der Waals surface area contributed by atoms with Gasteiger partial charge in [-0.25, -0.2) is 9.97 Å². The molecule has 0 atom stereocenters. The summed E-state index contributed by atoms with van der Waals surface area (Å²) >= 11 is 3.39. The number of hydrogen-bond donors (Lipinski definition) is 0. The fourth-order valence-corrected chi connectivity index (χ4v) is 1.60. The number of hydrogen-bond acceptors (Lipinski definition) is 4. The van der Waals surface area contributed by atoms with Crippen LogP contribution in [0.1, 0.15) is 13.3 Å². The summed E-state index contributed by atoms with van der Waals surface area (Å²) in [5.74, 6) is 1.53. The molecule has 4 nitrogen and oxygen atoms in total. The SMILES string of the molecule is CCCOc1cc(N(C)CCBr)ncn1. The minimum absolute atomic E-state index is 0.642. The van der Waals surface area contributed by atoms with E-state index >= 15 is 0 Å². The zero-order valence-electron chi connectivity index (χ0n) is 9.11. The van der Waals surface area contributed by atoms with E-state index in [2.05, 4.69) is 37.7 Å². The Morgan fingerprint density at radius 3 is 2.93 bits per heavy atom. The van der Waals surface area contributed by atoms with Crippen molar-refractivity contribution >= 4 is 21.7 Å². The minimum Gasteiger partial charge on any atom is -0.478 e. The van der Waals surface area contributed by atoms with Gasteiger partial charge < -0.3 is 9.64 Å². The second-order valence-electron chi connectivity index (χ2n) is 3.17. The number of halogens is 1. The van der Waals surface area contributed by atoms with Crippen LogP contribution in [0.4, 0.5) is 5.82 Å². The van der Waals surface area contributed by atoms with E-state index in [1.807, 2.05) is 13.1 Å². The van der Waals surface area contributed by atoms with E-state index in [-0.39, 0.29) is 0 Å². The Labute approximate surface area is 98.8 Å². The highest BCUT2D eigenvalue weighted by atomic mass is 79.9. The molecule has 1 heterocycles. The second kappa shape index (κ2) is 6.61. The smallest absolute Gasteiger partial charge is 0.218 e. The number of alkyl halides is 1. The Hall–Kier alpha value is -0.840. The van der Waals surface area contributed by atoms with Crippen molar-refractivity contribution in [1.29, 1.82) is 0 Å². The van der Waals surface area contributed by atoms with E-state index in [4.69, 9.17) is 4.74 Å². The van der Waals surface area contributed by atoms with Crippen LogP contribution in [0.5, 0.6) is 5.88 Å². The highest BCUT2D eigenvalue weighted by molar-refractivity contribution is 9.09. The zero-order chi connectivity index (χ0) is 11.1. The molecule has 1 aromatic heterocycles. The molecule has 0 radical (unpaired) electrons. The molecule has 0 spiro atoms. The molecule has 0 aromatic carbocycles. The largest absolute Gasteiger partial charge is 0.478 e. The zero-order valence-corrected chi connectivity index (χ0v) is 10.7. The van der Waals surface area contributed by atoms with E-state index in [9.17, 15) is 0 Å². The first-order valence-electron chi connectivity index (χ1n) is 5.00. The maximum Gasteiger partial charge on any atom is 0.218 e. The number of aromatic nitrogens is 2. The van der Waals surface area contributed by atoms with Crippen molar-refractivity contribution in [3.63, 3.8) is 0 Å². The number of rotatable bonds is 6. The molecule has 0 amide bonds. The first-order chi connectivity index (χ1) is 7.27. The summed E-state index contributed by atoms with van der Waals surface area (Å²) < 4.78 is 5.43. The first kappa shape index (κ1) is 12.2. The Balaban J connectivity index is 2.64. The molecule has 15 heavy (non-hydrogen) atoms. The van der Waals surface area contributed by atoms with Gasteiger partial charge in [0, 0.05) is 25.0 Å². The van der Waals surface area contributed by atoms with Crippen LogP contribution in [0.15, 0.2) is 12.4 Å². The van der Waals surface area contributed by atoms with Crippen molar-refractivity contribution in [2.24, 2.45) is 0 Å². The van der Waals surface area contributed by atoms with Crippen LogP contribution in [0.2, 0.25) is 0 Å². The fraction of sp³-hybridized carbons (Fsp3) is 0.600. The third kappa shape index (κ3) is 4.03. The predicted molar refractivity (Wildman–Crippen MR) is 64.9 cm³/mol. The summed E-state index contributed by atoms with van der Waals surface area (Å²) in [5.41, 5.74) is 0. The van der Waals surface area contributed by atoms with Gasteiger partial charge in [0.1, 0.15) is 12.1 Å². The fourth-order valence-electron chi connectivity index (χ4n) is 1.07. The lowest BCUT2D eigenvalue weighted by Crippen LogP contribution is -2.20. The first-order valence-corrected chi connectivity index (χ1v) is 6.12. The van der Waals surface area contributed by atoms with Crippen molar-refractivity contribution in [3.05, 3.63) is 12.4 Å². The van der Waals surface area contributed by atoms with Gasteiger partial charge >= 0.3 is 0 Å². The molecular weight excluding hydrogens is 258 g/mol. The normalized spacial score (nSPS) is 10.1. The number of ether oxygens (including phenoxy) is 1. The average Bonchev–Trinajstić information content (AvgIpc) is 2.27. The molecule has 0 aliphatic heterocycles. The standard InChI is InChI=1S/C10H16BrN3O/c1-3-6-15-10-7-9(12-8-13-10)14(2)5-4-11/h7-8H,3-6H2,1-2H3. The van der Waals surface area contributed by atoms with E-state index in [1.54, 1.807) is 0 Å². The van der Waals surface area contributed by atoms with Gasteiger partial charge in [-0.2, -0.15) is 0 Å². The molecule has 0 saturated carbocycles. The molecule has 0 fully saturated rings.